The number of esters is 1. The number of ether oxygens (including phenoxy) is 2. The summed E-state index contributed by atoms with van der Waals surface area (Å²) in [6.45, 7) is 1.24. The van der Waals surface area contributed by atoms with Crippen LogP contribution in [0.25, 0.3) is 0 Å². The minimum absolute atomic E-state index is 0.151. The number of nitro groups is 1. The van der Waals surface area contributed by atoms with Crippen LogP contribution in [0.3, 0.4) is 0 Å². The first-order valence-electron chi connectivity index (χ1n) is 7.92. The summed E-state index contributed by atoms with van der Waals surface area (Å²) in [5.41, 5.74) is 0.0925. The predicted molar refractivity (Wildman–Crippen MR) is 93.8 cm³/mol. The van der Waals surface area contributed by atoms with Crippen molar-refractivity contribution in [2.24, 2.45) is 0 Å². The molecule has 0 saturated carbocycles. The molecule has 0 aliphatic carbocycles. The Kier molecular flexibility index (Phi) is 6.67. The van der Waals surface area contributed by atoms with Gasteiger partial charge < -0.3 is 14.8 Å². The second-order valence-corrected chi connectivity index (χ2v) is 5.29. The molecule has 0 aliphatic rings. The van der Waals surface area contributed by atoms with Crippen molar-refractivity contribution in [2.75, 3.05) is 11.9 Å². The summed E-state index contributed by atoms with van der Waals surface area (Å²) in [4.78, 5) is 34.1. The van der Waals surface area contributed by atoms with Gasteiger partial charge in [-0.3, -0.25) is 14.9 Å². The number of amides is 1. The molecule has 2 aromatic carbocycles. The van der Waals surface area contributed by atoms with Crippen LogP contribution in [-0.4, -0.2) is 29.5 Å². The van der Waals surface area contributed by atoms with Gasteiger partial charge in [0.15, 0.2) is 12.7 Å². The molecule has 136 valence electrons. The fourth-order valence-corrected chi connectivity index (χ4v) is 2.09. The molecule has 8 heteroatoms. The highest BCUT2D eigenvalue weighted by atomic mass is 16.6. The van der Waals surface area contributed by atoms with Crippen molar-refractivity contribution >= 4 is 23.3 Å². The molecule has 0 saturated heterocycles. The Morgan fingerprint density at radius 1 is 1.15 bits per heavy atom. The monoisotopic (exact) mass is 358 g/mol. The van der Waals surface area contributed by atoms with Gasteiger partial charge in [0.2, 0.25) is 0 Å². The molecule has 0 heterocycles. The molecule has 2 aromatic rings. The first-order chi connectivity index (χ1) is 12.5. The van der Waals surface area contributed by atoms with Crippen LogP contribution in [-0.2, 0) is 14.3 Å². The van der Waals surface area contributed by atoms with Crippen LogP contribution in [0, 0.1) is 10.1 Å². The number of nitrogens with zero attached hydrogens (tertiary/aromatic N) is 1. The molecule has 0 aromatic heterocycles. The molecule has 1 atom stereocenters. The minimum Gasteiger partial charge on any atom is -0.479 e. The number of nitrogens with one attached hydrogen (secondary N) is 1. The molecule has 0 aliphatic heterocycles. The third-order valence-corrected chi connectivity index (χ3v) is 3.34. The quantitative estimate of drug-likeness (QED) is 0.441. The summed E-state index contributed by atoms with van der Waals surface area (Å²) in [6, 6.07) is 14.3. The molecule has 1 amide bonds. The van der Waals surface area contributed by atoms with Crippen molar-refractivity contribution < 1.29 is 24.0 Å². The molecule has 2 rings (SSSR count). The van der Waals surface area contributed by atoms with E-state index in [1.165, 1.54) is 24.3 Å². The van der Waals surface area contributed by atoms with Crippen LogP contribution in [0.4, 0.5) is 11.4 Å². The third kappa shape index (κ3) is 5.59. The van der Waals surface area contributed by atoms with Gasteiger partial charge in [-0.2, -0.15) is 0 Å². The Bertz CT molecular complexity index is 778. The van der Waals surface area contributed by atoms with E-state index < -0.39 is 29.5 Å². The summed E-state index contributed by atoms with van der Waals surface area (Å²) in [5, 5.41) is 13.2. The third-order valence-electron chi connectivity index (χ3n) is 3.34. The molecule has 0 unspecified atom stereocenters. The Morgan fingerprint density at radius 3 is 2.54 bits per heavy atom. The van der Waals surface area contributed by atoms with Crippen LogP contribution in [0.15, 0.2) is 54.6 Å². The zero-order valence-electron chi connectivity index (χ0n) is 14.1. The van der Waals surface area contributed by atoms with Crippen LogP contribution < -0.4 is 10.1 Å². The van der Waals surface area contributed by atoms with Crippen molar-refractivity contribution in [3.05, 3.63) is 64.7 Å². The van der Waals surface area contributed by atoms with Gasteiger partial charge in [0.05, 0.1) is 4.92 Å². The van der Waals surface area contributed by atoms with Crippen molar-refractivity contribution in [1.82, 2.24) is 0 Å². The fraction of sp³-hybridized carbons (Fsp3) is 0.222. The first-order valence-corrected chi connectivity index (χ1v) is 7.92. The first kappa shape index (κ1) is 18.9. The molecule has 26 heavy (non-hydrogen) atoms. The Balaban J connectivity index is 1.86. The molecule has 0 radical (unpaired) electrons. The summed E-state index contributed by atoms with van der Waals surface area (Å²) in [6.07, 6.45) is -0.455. The summed E-state index contributed by atoms with van der Waals surface area (Å²) in [7, 11) is 0. The summed E-state index contributed by atoms with van der Waals surface area (Å²) in [5.74, 6) is -0.740. The lowest BCUT2D eigenvalue weighted by Crippen LogP contribution is -2.31. The van der Waals surface area contributed by atoms with Crippen LogP contribution >= 0.6 is 0 Å². The normalized spacial score (nSPS) is 11.3. The van der Waals surface area contributed by atoms with Gasteiger partial charge in [-0.05, 0) is 24.6 Å². The number of rotatable bonds is 8. The molecular weight excluding hydrogens is 340 g/mol. The molecule has 0 bridgehead atoms. The average molecular weight is 358 g/mol. The Morgan fingerprint density at radius 2 is 1.88 bits per heavy atom. The van der Waals surface area contributed by atoms with E-state index in [2.05, 4.69) is 5.32 Å². The zero-order valence-corrected chi connectivity index (χ0v) is 14.1. The minimum atomic E-state index is -0.831. The number of carbonyl (C=O) groups excluding carboxylic acids is 2. The number of hydrogen-bond acceptors (Lipinski definition) is 6. The zero-order chi connectivity index (χ0) is 18.9. The smallest absolute Gasteiger partial charge is 0.347 e. The topological polar surface area (TPSA) is 108 Å². The number of benzene rings is 2. The van der Waals surface area contributed by atoms with E-state index in [9.17, 15) is 19.7 Å². The maximum atomic E-state index is 12.1. The lowest BCUT2D eigenvalue weighted by atomic mass is 10.2. The number of para-hydroxylation sites is 1. The predicted octanol–water partition coefficient (Wildman–Crippen LogP) is 2.93. The van der Waals surface area contributed by atoms with Crippen LogP contribution in [0.2, 0.25) is 0 Å². The van der Waals surface area contributed by atoms with Crippen LogP contribution in [0.5, 0.6) is 5.75 Å². The standard InChI is InChI=1S/C18H18N2O6/c1-2-16(26-15-9-4-3-5-10-15)18(22)25-12-17(21)19-13-7-6-8-14(11-13)20(23)24/h3-11,16H,2,12H2,1H3,(H,19,21)/t16-/m1/s1. The van der Waals surface area contributed by atoms with Gasteiger partial charge in [-0.25, -0.2) is 4.79 Å². The SMILES string of the molecule is CC[C@@H](Oc1ccccc1)C(=O)OCC(=O)Nc1cccc([N+](=O)[O-])c1. The second kappa shape index (κ2) is 9.16. The molecule has 0 spiro atoms. The molecular formula is C18H18N2O6. The average Bonchev–Trinajstić information content (AvgIpc) is 2.65. The van der Waals surface area contributed by atoms with E-state index >= 15 is 0 Å². The van der Waals surface area contributed by atoms with E-state index in [1.807, 2.05) is 6.07 Å². The molecule has 1 N–H and O–H groups in total. The largest absolute Gasteiger partial charge is 0.479 e. The second-order valence-electron chi connectivity index (χ2n) is 5.29. The van der Waals surface area contributed by atoms with Gasteiger partial charge in [-0.1, -0.05) is 31.2 Å². The van der Waals surface area contributed by atoms with Crippen molar-refractivity contribution in [2.45, 2.75) is 19.4 Å². The highest BCUT2D eigenvalue weighted by Crippen LogP contribution is 2.17. The van der Waals surface area contributed by atoms with Crippen molar-refractivity contribution in [3.8, 4) is 5.75 Å². The Labute approximate surface area is 149 Å². The number of non-ortho nitro benzene ring substituents is 1. The van der Waals surface area contributed by atoms with E-state index in [1.54, 1.807) is 31.2 Å². The van der Waals surface area contributed by atoms with Gasteiger partial charge in [-0.15, -0.1) is 0 Å². The number of hydrogen-bond donors (Lipinski definition) is 1. The lowest BCUT2D eigenvalue weighted by molar-refractivity contribution is -0.384. The van der Waals surface area contributed by atoms with E-state index in [0.717, 1.165) is 0 Å². The van der Waals surface area contributed by atoms with E-state index in [4.69, 9.17) is 9.47 Å². The summed E-state index contributed by atoms with van der Waals surface area (Å²) >= 11 is 0. The van der Waals surface area contributed by atoms with Gasteiger partial charge >= 0.3 is 5.97 Å². The maximum Gasteiger partial charge on any atom is 0.347 e. The number of anilines is 1. The number of carbonyl (C=O) groups is 2. The molecule has 8 nitrogen and oxygen atoms in total. The highest BCUT2D eigenvalue weighted by Gasteiger charge is 2.21. The van der Waals surface area contributed by atoms with Crippen LogP contribution in [0.1, 0.15) is 13.3 Å². The molecule has 0 fully saturated rings. The number of nitro benzene ring substituents is 1. The lowest BCUT2D eigenvalue weighted by Gasteiger charge is -2.16. The highest BCUT2D eigenvalue weighted by molar-refractivity contribution is 5.93. The van der Waals surface area contributed by atoms with Gasteiger partial charge in [0.25, 0.3) is 11.6 Å². The van der Waals surface area contributed by atoms with Crippen molar-refractivity contribution in [1.29, 1.82) is 0 Å². The van der Waals surface area contributed by atoms with Gasteiger partial charge in [0.1, 0.15) is 5.75 Å². The summed E-state index contributed by atoms with van der Waals surface area (Å²) < 4.78 is 10.5. The van der Waals surface area contributed by atoms with E-state index in [-0.39, 0.29) is 11.4 Å². The van der Waals surface area contributed by atoms with E-state index in [0.29, 0.717) is 12.2 Å². The van der Waals surface area contributed by atoms with Crippen molar-refractivity contribution in [3.63, 3.8) is 0 Å². The fourth-order valence-electron chi connectivity index (χ4n) is 2.09. The Hall–Kier alpha value is -3.42. The van der Waals surface area contributed by atoms with Gasteiger partial charge in [0, 0.05) is 17.8 Å². The maximum absolute atomic E-state index is 12.1.